The molecule has 0 radical (unpaired) electrons. The highest BCUT2D eigenvalue weighted by Crippen LogP contribution is 2.06. The van der Waals surface area contributed by atoms with E-state index in [4.69, 9.17) is 6.42 Å². The highest BCUT2D eigenvalue weighted by molar-refractivity contribution is 5.16. The number of aliphatic hydroxyl groups is 1. The zero-order valence-corrected chi connectivity index (χ0v) is 7.46. The van der Waals surface area contributed by atoms with E-state index >= 15 is 0 Å². The molecule has 1 unspecified atom stereocenters. The van der Waals surface area contributed by atoms with Crippen molar-refractivity contribution in [3.8, 4) is 12.3 Å². The molecule has 0 amide bonds. The minimum Gasteiger partial charge on any atom is -0.374 e. The second-order valence-electron chi connectivity index (χ2n) is 3.32. The minimum atomic E-state index is -1.07. The van der Waals surface area contributed by atoms with Crippen LogP contribution in [0.5, 0.6) is 0 Å². The summed E-state index contributed by atoms with van der Waals surface area (Å²) in [7, 11) is 0. The predicted molar refractivity (Wildman–Crippen MR) is 48.1 cm³/mol. The van der Waals surface area contributed by atoms with E-state index in [0.29, 0.717) is 5.92 Å². The molecule has 62 valence electrons. The van der Waals surface area contributed by atoms with Gasteiger partial charge in [-0.2, -0.15) is 0 Å². The average Bonchev–Trinajstić information content (AvgIpc) is 1.87. The third kappa shape index (κ3) is 5.69. The van der Waals surface area contributed by atoms with Crippen LogP contribution in [0.15, 0.2) is 12.2 Å². The monoisotopic (exact) mass is 152 g/mol. The quantitative estimate of drug-likeness (QED) is 0.484. The fourth-order valence-corrected chi connectivity index (χ4v) is 0.618. The first-order valence-electron chi connectivity index (χ1n) is 3.86. The molecule has 0 saturated carbocycles. The molecule has 0 heterocycles. The van der Waals surface area contributed by atoms with Gasteiger partial charge in [-0.25, -0.2) is 0 Å². The second-order valence-corrected chi connectivity index (χ2v) is 3.32. The molecule has 11 heavy (non-hydrogen) atoms. The number of allylic oxidation sites excluding steroid dienone is 1. The summed E-state index contributed by atoms with van der Waals surface area (Å²) in [6.45, 7) is 5.84. The maximum atomic E-state index is 9.31. The summed E-state index contributed by atoms with van der Waals surface area (Å²) in [6.07, 6.45) is 9.61. The number of terminal acetylenes is 1. The highest BCUT2D eigenvalue weighted by atomic mass is 16.3. The van der Waals surface area contributed by atoms with Crippen molar-refractivity contribution in [1.29, 1.82) is 0 Å². The van der Waals surface area contributed by atoms with Crippen LogP contribution in [0, 0.1) is 18.3 Å². The zero-order chi connectivity index (χ0) is 8.91. The Morgan fingerprint density at radius 1 is 1.64 bits per heavy atom. The topological polar surface area (TPSA) is 20.2 Å². The van der Waals surface area contributed by atoms with E-state index in [1.165, 1.54) is 0 Å². The van der Waals surface area contributed by atoms with E-state index in [1.54, 1.807) is 13.0 Å². The molecule has 1 nitrogen and oxygen atoms in total. The van der Waals surface area contributed by atoms with Crippen LogP contribution >= 0.6 is 0 Å². The minimum absolute atomic E-state index is 0.611. The molecule has 0 bridgehead atoms. The van der Waals surface area contributed by atoms with E-state index in [-0.39, 0.29) is 0 Å². The molecule has 1 N–H and O–H groups in total. The molecule has 0 aromatic rings. The van der Waals surface area contributed by atoms with Crippen molar-refractivity contribution in [3.63, 3.8) is 0 Å². The molecule has 0 fully saturated rings. The second kappa shape index (κ2) is 4.20. The van der Waals surface area contributed by atoms with Crippen molar-refractivity contribution in [2.75, 3.05) is 0 Å². The van der Waals surface area contributed by atoms with Crippen LogP contribution in [0.3, 0.4) is 0 Å². The van der Waals surface area contributed by atoms with Crippen LogP contribution in [-0.2, 0) is 0 Å². The fourth-order valence-electron chi connectivity index (χ4n) is 0.618. The van der Waals surface area contributed by atoms with Crippen molar-refractivity contribution < 1.29 is 5.11 Å². The fraction of sp³-hybridized carbons (Fsp3) is 0.600. The van der Waals surface area contributed by atoms with E-state index in [2.05, 4.69) is 19.8 Å². The van der Waals surface area contributed by atoms with Crippen LogP contribution in [-0.4, -0.2) is 10.7 Å². The van der Waals surface area contributed by atoms with Crippen LogP contribution in [0.2, 0.25) is 0 Å². The van der Waals surface area contributed by atoms with E-state index < -0.39 is 5.60 Å². The van der Waals surface area contributed by atoms with Crippen molar-refractivity contribution in [1.82, 2.24) is 0 Å². The van der Waals surface area contributed by atoms with Gasteiger partial charge in [0.05, 0.1) is 0 Å². The number of hydrogen-bond donors (Lipinski definition) is 1. The Balaban J connectivity index is 3.85. The van der Waals surface area contributed by atoms with Crippen molar-refractivity contribution in [3.05, 3.63) is 12.2 Å². The highest BCUT2D eigenvalue weighted by Gasteiger charge is 2.09. The largest absolute Gasteiger partial charge is 0.374 e. The Labute approximate surface area is 69.1 Å². The molecule has 0 rings (SSSR count). The molecule has 0 aliphatic carbocycles. The van der Waals surface area contributed by atoms with Crippen LogP contribution in [0.4, 0.5) is 0 Å². The summed E-state index contributed by atoms with van der Waals surface area (Å²) in [4.78, 5) is 0. The molecule has 0 saturated heterocycles. The van der Waals surface area contributed by atoms with Crippen LogP contribution in [0.1, 0.15) is 27.2 Å². The van der Waals surface area contributed by atoms with E-state index in [1.807, 2.05) is 6.08 Å². The smallest absolute Gasteiger partial charge is 0.141 e. The summed E-state index contributed by atoms with van der Waals surface area (Å²) in [5.74, 6) is 2.89. The van der Waals surface area contributed by atoms with Gasteiger partial charge in [0.25, 0.3) is 0 Å². The number of rotatable bonds is 3. The first-order valence-corrected chi connectivity index (χ1v) is 3.86. The standard InChI is InChI=1S/C10H16O/c1-5-10(4,11)8-6-7-9(2)3/h1,6,8-9,11H,7H2,2-4H3. The lowest BCUT2D eigenvalue weighted by atomic mass is 10.1. The normalized spacial score (nSPS) is 16.7. The predicted octanol–water partition coefficient (Wildman–Crippen LogP) is 1.97. The SMILES string of the molecule is C#CC(C)(O)C=CCC(C)C. The molecule has 0 aliphatic rings. The van der Waals surface area contributed by atoms with Gasteiger partial charge >= 0.3 is 0 Å². The Bertz CT molecular complexity index is 170. The Kier molecular flexibility index (Phi) is 3.92. The van der Waals surface area contributed by atoms with Crippen molar-refractivity contribution >= 4 is 0 Å². The number of hydrogen-bond acceptors (Lipinski definition) is 1. The summed E-state index contributed by atoms with van der Waals surface area (Å²) in [5, 5.41) is 9.31. The first kappa shape index (κ1) is 10.3. The Hall–Kier alpha value is -0.740. The van der Waals surface area contributed by atoms with Gasteiger partial charge < -0.3 is 5.11 Å². The zero-order valence-electron chi connectivity index (χ0n) is 7.46. The lowest BCUT2D eigenvalue weighted by Crippen LogP contribution is -2.16. The van der Waals surface area contributed by atoms with Gasteiger partial charge in [-0.1, -0.05) is 25.8 Å². The molecule has 0 aromatic heterocycles. The lowest BCUT2D eigenvalue weighted by molar-refractivity contribution is 0.174. The summed E-state index contributed by atoms with van der Waals surface area (Å²) in [5.41, 5.74) is -1.07. The first-order chi connectivity index (χ1) is 4.98. The third-order valence-electron chi connectivity index (χ3n) is 1.34. The molecular formula is C10H16O. The van der Waals surface area contributed by atoms with Gasteiger partial charge in [0.2, 0.25) is 0 Å². The van der Waals surface area contributed by atoms with E-state index in [9.17, 15) is 5.11 Å². The van der Waals surface area contributed by atoms with Crippen LogP contribution < -0.4 is 0 Å². The van der Waals surface area contributed by atoms with Gasteiger partial charge in [-0.15, -0.1) is 6.42 Å². The lowest BCUT2D eigenvalue weighted by Gasteiger charge is -2.09. The van der Waals surface area contributed by atoms with Crippen molar-refractivity contribution in [2.24, 2.45) is 5.92 Å². The molecular weight excluding hydrogens is 136 g/mol. The van der Waals surface area contributed by atoms with E-state index in [0.717, 1.165) is 6.42 Å². The molecule has 1 heteroatoms. The van der Waals surface area contributed by atoms with Gasteiger partial charge in [-0.3, -0.25) is 0 Å². The summed E-state index contributed by atoms with van der Waals surface area (Å²) < 4.78 is 0. The molecule has 1 atom stereocenters. The molecule has 0 aliphatic heterocycles. The van der Waals surface area contributed by atoms with Gasteiger partial charge in [-0.05, 0) is 25.3 Å². The summed E-state index contributed by atoms with van der Waals surface area (Å²) >= 11 is 0. The maximum absolute atomic E-state index is 9.31. The van der Waals surface area contributed by atoms with Crippen molar-refractivity contribution in [2.45, 2.75) is 32.8 Å². The third-order valence-corrected chi connectivity index (χ3v) is 1.34. The summed E-state index contributed by atoms with van der Waals surface area (Å²) in [6, 6.07) is 0. The van der Waals surface area contributed by atoms with Gasteiger partial charge in [0, 0.05) is 0 Å². The van der Waals surface area contributed by atoms with Crippen LogP contribution in [0.25, 0.3) is 0 Å². The maximum Gasteiger partial charge on any atom is 0.141 e. The van der Waals surface area contributed by atoms with Gasteiger partial charge in [0.1, 0.15) is 5.60 Å². The van der Waals surface area contributed by atoms with Gasteiger partial charge in [0.15, 0.2) is 0 Å². The Morgan fingerprint density at radius 3 is 2.55 bits per heavy atom. The Morgan fingerprint density at radius 2 is 2.18 bits per heavy atom. The molecule has 0 spiro atoms. The molecule has 0 aromatic carbocycles. The average molecular weight is 152 g/mol.